The van der Waals surface area contributed by atoms with E-state index in [9.17, 15) is 4.79 Å². The summed E-state index contributed by atoms with van der Waals surface area (Å²) in [5.74, 6) is 1.08. The first-order valence-electron chi connectivity index (χ1n) is 5.65. The molecule has 1 atom stereocenters. The number of nitrogens with one attached hydrogen (secondary N) is 1. The van der Waals surface area contributed by atoms with Crippen LogP contribution in [0.25, 0.3) is 0 Å². The van der Waals surface area contributed by atoms with Gasteiger partial charge in [0, 0.05) is 13.5 Å². The maximum Gasteiger partial charge on any atom is 0.252 e. The predicted molar refractivity (Wildman–Crippen MR) is 62.1 cm³/mol. The Bertz CT molecular complexity index is 250. The third-order valence-electron chi connectivity index (χ3n) is 2.74. The summed E-state index contributed by atoms with van der Waals surface area (Å²) >= 11 is 0. The molecule has 0 spiro atoms. The van der Waals surface area contributed by atoms with Crippen LogP contribution in [0, 0.1) is 0 Å². The number of hydrogen-bond donors (Lipinski definition) is 1. The average molecular weight is 211 g/mol. The van der Waals surface area contributed by atoms with Crippen LogP contribution < -0.4 is 5.32 Å². The first kappa shape index (κ1) is 12.2. The zero-order chi connectivity index (χ0) is 11.3. The van der Waals surface area contributed by atoms with E-state index >= 15 is 0 Å². The molecule has 0 aromatic heterocycles. The largest absolute Gasteiger partial charge is 0.320 e. The molecule has 0 aromatic rings. The van der Waals surface area contributed by atoms with Gasteiger partial charge in [0.25, 0.3) is 5.91 Å². The highest BCUT2D eigenvalue weighted by Gasteiger charge is 2.27. The third kappa shape index (κ3) is 3.30. The molecule has 0 saturated heterocycles. The van der Waals surface area contributed by atoms with Gasteiger partial charge in [-0.15, -0.1) is 0 Å². The van der Waals surface area contributed by atoms with Crippen molar-refractivity contribution in [1.82, 2.24) is 10.2 Å². The first-order chi connectivity index (χ1) is 7.16. The Hall–Kier alpha value is -0.900. The summed E-state index contributed by atoms with van der Waals surface area (Å²) in [6.07, 6.45) is 4.43. The molecule has 1 heterocycles. The van der Waals surface area contributed by atoms with Gasteiger partial charge in [-0.1, -0.05) is 6.42 Å². The molecule has 0 radical (unpaired) electrons. The quantitative estimate of drug-likeness (QED) is 0.667. The molecule has 1 aliphatic heterocycles. The predicted octanol–water partition coefficient (Wildman–Crippen LogP) is 1.03. The molecule has 15 heavy (non-hydrogen) atoms. The molecule has 0 saturated carbocycles. The minimum Gasteiger partial charge on any atom is -0.320 e. The van der Waals surface area contributed by atoms with Crippen molar-refractivity contribution in [2.24, 2.45) is 4.99 Å². The van der Waals surface area contributed by atoms with E-state index in [1.165, 1.54) is 12.8 Å². The number of amides is 1. The van der Waals surface area contributed by atoms with Gasteiger partial charge in [-0.25, -0.2) is 0 Å². The molecule has 1 rings (SSSR count). The second-order valence-electron chi connectivity index (χ2n) is 4.03. The Balaban J connectivity index is 2.22. The summed E-state index contributed by atoms with van der Waals surface area (Å²) in [6, 6.07) is -0.165. The van der Waals surface area contributed by atoms with E-state index in [0.29, 0.717) is 0 Å². The normalized spacial score (nSPS) is 21.0. The molecule has 0 fully saturated rings. The first-order valence-corrected chi connectivity index (χ1v) is 5.65. The number of carbonyl (C=O) groups is 1. The van der Waals surface area contributed by atoms with Crippen LogP contribution in [-0.4, -0.2) is 43.3 Å². The van der Waals surface area contributed by atoms with Crippen LogP contribution in [-0.2, 0) is 4.79 Å². The summed E-state index contributed by atoms with van der Waals surface area (Å²) in [7, 11) is 3.79. The van der Waals surface area contributed by atoms with Crippen molar-refractivity contribution in [2.75, 3.05) is 20.6 Å². The molecule has 4 heteroatoms. The Morgan fingerprint density at radius 2 is 2.13 bits per heavy atom. The van der Waals surface area contributed by atoms with Crippen molar-refractivity contribution in [3.8, 4) is 0 Å². The number of hydrogen-bond acceptors (Lipinski definition) is 3. The van der Waals surface area contributed by atoms with Crippen LogP contribution in [0.2, 0.25) is 0 Å². The number of nitrogens with zero attached hydrogens (tertiary/aromatic N) is 2. The lowest BCUT2D eigenvalue weighted by Crippen LogP contribution is -2.30. The van der Waals surface area contributed by atoms with E-state index < -0.39 is 0 Å². The second kappa shape index (κ2) is 5.85. The van der Waals surface area contributed by atoms with Crippen LogP contribution in [0.5, 0.6) is 0 Å². The SMILES string of the molecule is CNCCCCCC1=N[C@H](C)C(=O)N1C. The van der Waals surface area contributed by atoms with E-state index in [0.717, 1.165) is 25.2 Å². The summed E-state index contributed by atoms with van der Waals surface area (Å²) < 4.78 is 0. The van der Waals surface area contributed by atoms with Crippen molar-refractivity contribution < 1.29 is 4.79 Å². The van der Waals surface area contributed by atoms with Crippen molar-refractivity contribution in [3.63, 3.8) is 0 Å². The monoisotopic (exact) mass is 211 g/mol. The fourth-order valence-electron chi connectivity index (χ4n) is 1.77. The topological polar surface area (TPSA) is 44.7 Å². The zero-order valence-electron chi connectivity index (χ0n) is 9.92. The molecule has 1 aliphatic rings. The molecule has 0 unspecified atom stereocenters. The van der Waals surface area contributed by atoms with E-state index in [1.54, 1.807) is 4.90 Å². The summed E-state index contributed by atoms with van der Waals surface area (Å²) in [4.78, 5) is 17.5. The van der Waals surface area contributed by atoms with Gasteiger partial charge in [-0.2, -0.15) is 0 Å². The lowest BCUT2D eigenvalue weighted by molar-refractivity contribution is -0.126. The van der Waals surface area contributed by atoms with Gasteiger partial charge in [0.05, 0.1) is 0 Å². The minimum absolute atomic E-state index is 0.125. The molecular formula is C11H21N3O. The Labute approximate surface area is 91.7 Å². The average Bonchev–Trinajstić information content (AvgIpc) is 2.46. The Morgan fingerprint density at radius 3 is 2.67 bits per heavy atom. The highest BCUT2D eigenvalue weighted by molar-refractivity contribution is 6.05. The number of carbonyl (C=O) groups excluding carboxylic acids is 1. The van der Waals surface area contributed by atoms with Crippen LogP contribution in [0.3, 0.4) is 0 Å². The molecule has 1 N–H and O–H groups in total. The lowest BCUT2D eigenvalue weighted by Gasteiger charge is -2.11. The van der Waals surface area contributed by atoms with E-state index in [4.69, 9.17) is 0 Å². The number of amidine groups is 1. The van der Waals surface area contributed by atoms with Crippen molar-refractivity contribution in [2.45, 2.75) is 38.6 Å². The van der Waals surface area contributed by atoms with E-state index in [-0.39, 0.29) is 11.9 Å². The molecule has 0 aliphatic carbocycles. The smallest absolute Gasteiger partial charge is 0.252 e. The van der Waals surface area contributed by atoms with Gasteiger partial charge < -0.3 is 10.2 Å². The maximum atomic E-state index is 11.5. The van der Waals surface area contributed by atoms with Crippen LogP contribution >= 0.6 is 0 Å². The molecule has 0 aromatic carbocycles. The molecular weight excluding hydrogens is 190 g/mol. The number of rotatable bonds is 6. The van der Waals surface area contributed by atoms with Gasteiger partial charge in [-0.05, 0) is 33.4 Å². The van der Waals surface area contributed by atoms with Gasteiger partial charge in [0.2, 0.25) is 0 Å². The fourth-order valence-corrected chi connectivity index (χ4v) is 1.77. The maximum absolute atomic E-state index is 11.5. The lowest BCUT2D eigenvalue weighted by atomic mass is 10.2. The molecule has 86 valence electrons. The van der Waals surface area contributed by atoms with Crippen molar-refractivity contribution in [1.29, 1.82) is 0 Å². The highest BCUT2D eigenvalue weighted by Crippen LogP contribution is 2.13. The van der Waals surface area contributed by atoms with Crippen LogP contribution in [0.1, 0.15) is 32.6 Å². The summed E-state index contributed by atoms with van der Waals surface area (Å²) in [6.45, 7) is 2.92. The third-order valence-corrected chi connectivity index (χ3v) is 2.74. The number of aliphatic imine (C=N–C) groups is 1. The van der Waals surface area contributed by atoms with Gasteiger partial charge in [0.15, 0.2) is 0 Å². The second-order valence-corrected chi connectivity index (χ2v) is 4.03. The standard InChI is InChI=1S/C11H21N3O/c1-9-11(15)14(3)10(13-9)7-5-4-6-8-12-2/h9,12H,4-8H2,1-3H3/t9-/m1/s1. The number of likely N-dealkylation sites (N-methyl/N-ethyl adjacent to an activating group) is 1. The molecule has 0 bridgehead atoms. The molecule has 4 nitrogen and oxygen atoms in total. The zero-order valence-corrected chi connectivity index (χ0v) is 9.92. The van der Waals surface area contributed by atoms with Crippen LogP contribution in [0.15, 0.2) is 4.99 Å². The van der Waals surface area contributed by atoms with Gasteiger partial charge >= 0.3 is 0 Å². The Kier molecular flexibility index (Phi) is 4.75. The summed E-state index contributed by atoms with van der Waals surface area (Å²) in [5, 5.41) is 3.12. The van der Waals surface area contributed by atoms with Crippen molar-refractivity contribution >= 4 is 11.7 Å². The van der Waals surface area contributed by atoms with E-state index in [2.05, 4.69) is 10.3 Å². The van der Waals surface area contributed by atoms with E-state index in [1.807, 2.05) is 21.0 Å². The Morgan fingerprint density at radius 1 is 1.40 bits per heavy atom. The van der Waals surface area contributed by atoms with Gasteiger partial charge in [0.1, 0.15) is 11.9 Å². The highest BCUT2D eigenvalue weighted by atomic mass is 16.2. The van der Waals surface area contributed by atoms with Crippen LogP contribution in [0.4, 0.5) is 0 Å². The van der Waals surface area contributed by atoms with Crippen molar-refractivity contribution in [3.05, 3.63) is 0 Å². The summed E-state index contributed by atoms with van der Waals surface area (Å²) in [5.41, 5.74) is 0. The number of unbranched alkanes of at least 4 members (excludes halogenated alkanes) is 2. The van der Waals surface area contributed by atoms with Gasteiger partial charge in [-0.3, -0.25) is 9.79 Å². The molecule has 1 amide bonds. The minimum atomic E-state index is -0.165. The fraction of sp³-hybridized carbons (Fsp3) is 0.818.